The van der Waals surface area contributed by atoms with Crippen molar-refractivity contribution in [2.24, 2.45) is 0 Å². The number of pyridine rings is 1. The third kappa shape index (κ3) is 2.80. The topological polar surface area (TPSA) is 42.1 Å². The minimum Gasteiger partial charge on any atom is -0.491 e. The van der Waals surface area contributed by atoms with Crippen molar-refractivity contribution < 1.29 is 4.74 Å². The van der Waals surface area contributed by atoms with Crippen LogP contribution in [0.2, 0.25) is 0 Å². The highest BCUT2D eigenvalue weighted by atomic mass is 16.5. The van der Waals surface area contributed by atoms with Crippen molar-refractivity contribution in [3.63, 3.8) is 0 Å². The summed E-state index contributed by atoms with van der Waals surface area (Å²) in [5.41, 5.74) is 1.68. The van der Waals surface area contributed by atoms with Crippen LogP contribution in [0.15, 0.2) is 29.1 Å². The Kier molecular flexibility index (Phi) is 3.65. The number of para-hydroxylation sites is 1. The van der Waals surface area contributed by atoms with Gasteiger partial charge in [-0.3, -0.25) is 4.79 Å². The highest BCUT2D eigenvalue weighted by Crippen LogP contribution is 2.26. The van der Waals surface area contributed by atoms with Gasteiger partial charge in [-0.1, -0.05) is 33.8 Å². The highest BCUT2D eigenvalue weighted by molar-refractivity contribution is 5.84. The molecule has 1 heterocycles. The van der Waals surface area contributed by atoms with E-state index in [4.69, 9.17) is 4.74 Å². The first-order chi connectivity index (χ1) is 8.93. The lowest BCUT2D eigenvalue weighted by molar-refractivity contribution is 0.320. The molecule has 0 radical (unpaired) electrons. The van der Waals surface area contributed by atoms with Gasteiger partial charge in [0.15, 0.2) is 5.43 Å². The number of fused-ring (bicyclic) bond motifs is 1. The molecule has 0 aliphatic carbocycles. The Bertz CT molecular complexity index is 635. The second-order valence-corrected chi connectivity index (χ2v) is 5.82. The molecule has 2 rings (SSSR count). The summed E-state index contributed by atoms with van der Waals surface area (Å²) in [6.07, 6.45) is 0.944. The monoisotopic (exact) mass is 259 g/mol. The van der Waals surface area contributed by atoms with Crippen molar-refractivity contribution in [1.29, 1.82) is 0 Å². The highest BCUT2D eigenvalue weighted by Gasteiger charge is 2.17. The van der Waals surface area contributed by atoms with E-state index in [2.05, 4.69) is 32.7 Å². The SMILES string of the molecule is CCCOc1cccc2c(=O)cc(C(C)(C)C)[nH]c12. The van der Waals surface area contributed by atoms with Gasteiger partial charge in [-0.25, -0.2) is 0 Å². The van der Waals surface area contributed by atoms with E-state index in [-0.39, 0.29) is 10.8 Å². The van der Waals surface area contributed by atoms with Crippen molar-refractivity contribution in [2.45, 2.75) is 39.5 Å². The minimum atomic E-state index is -0.0920. The Morgan fingerprint density at radius 2 is 2.00 bits per heavy atom. The zero-order chi connectivity index (χ0) is 14.0. The molecule has 1 aromatic carbocycles. The van der Waals surface area contributed by atoms with Gasteiger partial charge in [0.25, 0.3) is 0 Å². The predicted molar refractivity (Wildman–Crippen MR) is 79.1 cm³/mol. The third-order valence-electron chi connectivity index (χ3n) is 3.10. The van der Waals surface area contributed by atoms with Crippen molar-refractivity contribution in [2.75, 3.05) is 6.61 Å². The lowest BCUT2D eigenvalue weighted by Crippen LogP contribution is -2.17. The van der Waals surface area contributed by atoms with Gasteiger partial charge in [-0.15, -0.1) is 0 Å². The summed E-state index contributed by atoms with van der Waals surface area (Å²) in [6, 6.07) is 7.28. The van der Waals surface area contributed by atoms with E-state index in [0.717, 1.165) is 23.4 Å². The van der Waals surface area contributed by atoms with E-state index < -0.39 is 0 Å². The van der Waals surface area contributed by atoms with Crippen molar-refractivity contribution in [3.05, 3.63) is 40.2 Å². The second-order valence-electron chi connectivity index (χ2n) is 5.82. The largest absolute Gasteiger partial charge is 0.491 e. The van der Waals surface area contributed by atoms with Gasteiger partial charge in [0, 0.05) is 22.6 Å². The molecule has 0 aliphatic heterocycles. The third-order valence-corrected chi connectivity index (χ3v) is 3.10. The number of rotatable bonds is 3. The van der Waals surface area contributed by atoms with E-state index in [1.165, 1.54) is 0 Å². The molecule has 0 spiro atoms. The predicted octanol–water partition coefficient (Wildman–Crippen LogP) is 3.61. The number of benzene rings is 1. The van der Waals surface area contributed by atoms with Crippen LogP contribution in [0.1, 0.15) is 39.8 Å². The maximum Gasteiger partial charge on any atom is 0.189 e. The summed E-state index contributed by atoms with van der Waals surface area (Å²) in [5.74, 6) is 0.752. The molecule has 2 aromatic rings. The first-order valence-corrected chi connectivity index (χ1v) is 6.73. The van der Waals surface area contributed by atoms with Gasteiger partial charge in [-0.2, -0.15) is 0 Å². The molecule has 0 fully saturated rings. The normalized spacial score (nSPS) is 11.8. The van der Waals surface area contributed by atoms with Gasteiger partial charge in [0.05, 0.1) is 12.1 Å². The van der Waals surface area contributed by atoms with Crippen LogP contribution in [0.25, 0.3) is 10.9 Å². The molecule has 0 saturated carbocycles. The molecule has 1 aromatic heterocycles. The van der Waals surface area contributed by atoms with Crippen LogP contribution >= 0.6 is 0 Å². The Labute approximate surface area is 113 Å². The molecular weight excluding hydrogens is 238 g/mol. The number of aromatic amines is 1. The minimum absolute atomic E-state index is 0.0422. The summed E-state index contributed by atoms with van der Waals surface area (Å²) >= 11 is 0. The van der Waals surface area contributed by atoms with Crippen LogP contribution < -0.4 is 10.2 Å². The van der Waals surface area contributed by atoms with Crippen molar-refractivity contribution in [3.8, 4) is 5.75 Å². The van der Waals surface area contributed by atoms with Crippen molar-refractivity contribution >= 4 is 10.9 Å². The number of ether oxygens (including phenoxy) is 1. The number of H-pyrrole nitrogens is 1. The number of hydrogen-bond acceptors (Lipinski definition) is 2. The number of hydrogen-bond donors (Lipinski definition) is 1. The molecule has 3 heteroatoms. The van der Waals surface area contributed by atoms with Gasteiger partial charge in [0.2, 0.25) is 0 Å². The van der Waals surface area contributed by atoms with E-state index in [9.17, 15) is 4.79 Å². The Balaban J connectivity index is 2.66. The van der Waals surface area contributed by atoms with Crippen LogP contribution in [0.4, 0.5) is 0 Å². The average molecular weight is 259 g/mol. The van der Waals surface area contributed by atoms with Crippen LogP contribution in [0.5, 0.6) is 5.75 Å². The first kappa shape index (κ1) is 13.7. The lowest BCUT2D eigenvalue weighted by atomic mass is 9.91. The van der Waals surface area contributed by atoms with Gasteiger partial charge >= 0.3 is 0 Å². The summed E-state index contributed by atoms with van der Waals surface area (Å²) in [7, 11) is 0. The van der Waals surface area contributed by atoms with E-state index in [1.54, 1.807) is 6.07 Å². The fourth-order valence-electron chi connectivity index (χ4n) is 1.98. The smallest absolute Gasteiger partial charge is 0.189 e. The lowest BCUT2D eigenvalue weighted by Gasteiger charge is -2.19. The summed E-state index contributed by atoms with van der Waals surface area (Å²) < 4.78 is 5.72. The molecular formula is C16H21NO2. The maximum atomic E-state index is 12.2. The van der Waals surface area contributed by atoms with Gasteiger partial charge in [0.1, 0.15) is 5.75 Å². The zero-order valence-electron chi connectivity index (χ0n) is 12.0. The molecule has 19 heavy (non-hydrogen) atoms. The van der Waals surface area contributed by atoms with Crippen LogP contribution in [-0.4, -0.2) is 11.6 Å². The zero-order valence-corrected chi connectivity index (χ0v) is 12.0. The van der Waals surface area contributed by atoms with Gasteiger partial charge in [-0.05, 0) is 18.6 Å². The van der Waals surface area contributed by atoms with Crippen LogP contribution in [-0.2, 0) is 5.41 Å². The molecule has 0 aliphatic rings. The molecule has 3 nitrogen and oxygen atoms in total. The van der Waals surface area contributed by atoms with Crippen molar-refractivity contribution in [1.82, 2.24) is 4.98 Å². The summed E-state index contributed by atoms with van der Waals surface area (Å²) in [6.45, 7) is 8.97. The molecule has 0 atom stereocenters. The first-order valence-electron chi connectivity index (χ1n) is 6.73. The standard InChI is InChI=1S/C16H21NO2/c1-5-9-19-13-8-6-7-11-12(18)10-14(16(2,3)4)17-15(11)13/h6-8,10H,5,9H2,1-4H3,(H,17,18). The summed E-state index contributed by atoms with van der Waals surface area (Å²) in [4.78, 5) is 15.6. The fourth-order valence-corrected chi connectivity index (χ4v) is 1.98. The van der Waals surface area contributed by atoms with Gasteiger partial charge < -0.3 is 9.72 Å². The van der Waals surface area contributed by atoms with E-state index >= 15 is 0 Å². The van der Waals surface area contributed by atoms with Crippen LogP contribution in [0, 0.1) is 0 Å². The average Bonchev–Trinajstić information content (AvgIpc) is 2.35. The molecule has 0 unspecified atom stereocenters. The molecule has 0 bridgehead atoms. The molecule has 0 amide bonds. The summed E-state index contributed by atoms with van der Waals surface area (Å²) in [5, 5.41) is 0.682. The van der Waals surface area contributed by atoms with Crippen LogP contribution in [0.3, 0.4) is 0 Å². The Morgan fingerprint density at radius 1 is 1.26 bits per heavy atom. The van der Waals surface area contributed by atoms with E-state index in [1.807, 2.05) is 18.2 Å². The quantitative estimate of drug-likeness (QED) is 0.914. The maximum absolute atomic E-state index is 12.2. The molecule has 102 valence electrons. The molecule has 1 N–H and O–H groups in total. The number of aromatic nitrogens is 1. The second kappa shape index (κ2) is 5.08. The fraction of sp³-hybridized carbons (Fsp3) is 0.438. The molecule has 0 saturated heterocycles. The Hall–Kier alpha value is -1.77. The number of nitrogens with one attached hydrogen (secondary N) is 1. The van der Waals surface area contributed by atoms with E-state index in [0.29, 0.717) is 12.0 Å². The Morgan fingerprint density at radius 3 is 2.63 bits per heavy atom.